The van der Waals surface area contributed by atoms with Crippen molar-refractivity contribution in [1.29, 1.82) is 0 Å². The molecule has 1 aromatic carbocycles. The number of aromatic amines is 1. The Balaban J connectivity index is 2.05. The molecule has 0 amide bonds. The van der Waals surface area contributed by atoms with Crippen LogP contribution in [0.5, 0.6) is 0 Å². The molecule has 1 atom stereocenters. The number of nitrogens with one attached hydrogen (secondary N) is 1. The molecule has 4 nitrogen and oxygen atoms in total. The summed E-state index contributed by atoms with van der Waals surface area (Å²) in [5, 5.41) is 0. The van der Waals surface area contributed by atoms with Gasteiger partial charge in [0.15, 0.2) is 0 Å². The zero-order chi connectivity index (χ0) is 12.3. The Morgan fingerprint density at radius 2 is 2.29 bits per heavy atom. The number of anilines is 1. The molecule has 0 saturated heterocycles. The molecule has 0 fully saturated rings. The number of hydrogen-bond acceptors (Lipinski definition) is 3. The summed E-state index contributed by atoms with van der Waals surface area (Å²) < 4.78 is 0. The number of benzene rings is 1. The highest BCUT2D eigenvalue weighted by molar-refractivity contribution is 5.78. The lowest BCUT2D eigenvalue weighted by molar-refractivity contribution is 0.545. The summed E-state index contributed by atoms with van der Waals surface area (Å²) in [5.74, 6) is 0.577. The van der Waals surface area contributed by atoms with Crippen LogP contribution in [0.1, 0.15) is 13.3 Å². The molecular formula is C13H20N4. The monoisotopic (exact) mass is 232 g/mol. The van der Waals surface area contributed by atoms with Crippen molar-refractivity contribution in [3.8, 4) is 0 Å². The number of H-pyrrole nitrogens is 1. The molecule has 2 rings (SSSR count). The molecule has 17 heavy (non-hydrogen) atoms. The molecule has 0 saturated carbocycles. The SMILES string of the molecule is CC(CN)CCN(C)c1ccc2nc[nH]c2c1. The lowest BCUT2D eigenvalue weighted by Gasteiger charge is -2.21. The summed E-state index contributed by atoms with van der Waals surface area (Å²) in [7, 11) is 2.11. The van der Waals surface area contributed by atoms with Gasteiger partial charge in [-0.1, -0.05) is 6.92 Å². The largest absolute Gasteiger partial charge is 0.375 e. The van der Waals surface area contributed by atoms with E-state index in [-0.39, 0.29) is 0 Å². The van der Waals surface area contributed by atoms with Crippen molar-refractivity contribution in [3.63, 3.8) is 0 Å². The molecule has 4 heteroatoms. The summed E-state index contributed by atoms with van der Waals surface area (Å²) in [6.45, 7) is 3.97. The first-order valence-electron chi connectivity index (χ1n) is 6.05. The molecular weight excluding hydrogens is 212 g/mol. The van der Waals surface area contributed by atoms with Crippen LogP contribution in [-0.2, 0) is 0 Å². The molecule has 0 aliphatic carbocycles. The number of aromatic nitrogens is 2. The van der Waals surface area contributed by atoms with Gasteiger partial charge in [-0.25, -0.2) is 4.98 Å². The van der Waals surface area contributed by atoms with Crippen LogP contribution < -0.4 is 10.6 Å². The number of rotatable bonds is 5. The molecule has 1 unspecified atom stereocenters. The second-order valence-electron chi connectivity index (χ2n) is 4.66. The fourth-order valence-electron chi connectivity index (χ4n) is 1.82. The standard InChI is InChI=1S/C13H20N4/c1-10(8-14)5-6-17(2)11-3-4-12-13(7-11)16-9-15-12/h3-4,7,9-10H,5-6,8,14H2,1-2H3,(H,15,16). The first kappa shape index (κ1) is 11.9. The van der Waals surface area contributed by atoms with Gasteiger partial charge in [0.1, 0.15) is 0 Å². The first-order chi connectivity index (χ1) is 8.20. The van der Waals surface area contributed by atoms with Gasteiger partial charge in [-0.15, -0.1) is 0 Å². The second-order valence-corrected chi connectivity index (χ2v) is 4.66. The van der Waals surface area contributed by atoms with Gasteiger partial charge in [0.2, 0.25) is 0 Å². The molecule has 0 radical (unpaired) electrons. The lowest BCUT2D eigenvalue weighted by atomic mass is 10.1. The topological polar surface area (TPSA) is 57.9 Å². The van der Waals surface area contributed by atoms with Gasteiger partial charge in [-0.05, 0) is 37.1 Å². The van der Waals surface area contributed by atoms with Crippen molar-refractivity contribution >= 4 is 16.7 Å². The van der Waals surface area contributed by atoms with Crippen LogP contribution in [0.4, 0.5) is 5.69 Å². The van der Waals surface area contributed by atoms with Crippen LogP contribution in [0.15, 0.2) is 24.5 Å². The van der Waals surface area contributed by atoms with Gasteiger partial charge in [0, 0.05) is 19.3 Å². The molecule has 92 valence electrons. The van der Waals surface area contributed by atoms with E-state index >= 15 is 0 Å². The molecule has 0 spiro atoms. The van der Waals surface area contributed by atoms with Gasteiger partial charge in [-0.3, -0.25) is 0 Å². The van der Waals surface area contributed by atoms with Crippen LogP contribution in [0, 0.1) is 5.92 Å². The van der Waals surface area contributed by atoms with E-state index in [0.29, 0.717) is 5.92 Å². The van der Waals surface area contributed by atoms with E-state index in [1.165, 1.54) is 5.69 Å². The van der Waals surface area contributed by atoms with Crippen LogP contribution in [0.2, 0.25) is 0 Å². The maximum Gasteiger partial charge on any atom is 0.0931 e. The number of imidazole rings is 1. The Hall–Kier alpha value is -1.55. The van der Waals surface area contributed by atoms with Crippen LogP contribution >= 0.6 is 0 Å². The molecule has 0 aliphatic heterocycles. The minimum atomic E-state index is 0.577. The second kappa shape index (κ2) is 5.19. The minimum Gasteiger partial charge on any atom is -0.375 e. The van der Waals surface area contributed by atoms with Crippen molar-refractivity contribution in [1.82, 2.24) is 9.97 Å². The van der Waals surface area contributed by atoms with Crippen molar-refractivity contribution < 1.29 is 0 Å². The summed E-state index contributed by atoms with van der Waals surface area (Å²) in [4.78, 5) is 9.61. The Kier molecular flexibility index (Phi) is 3.64. The maximum atomic E-state index is 5.63. The fraction of sp³-hybridized carbons (Fsp3) is 0.462. The number of hydrogen-bond donors (Lipinski definition) is 2. The van der Waals surface area contributed by atoms with E-state index in [4.69, 9.17) is 5.73 Å². The van der Waals surface area contributed by atoms with Gasteiger partial charge in [-0.2, -0.15) is 0 Å². The summed E-state index contributed by atoms with van der Waals surface area (Å²) in [6, 6.07) is 6.29. The van der Waals surface area contributed by atoms with Gasteiger partial charge in [0.25, 0.3) is 0 Å². The van der Waals surface area contributed by atoms with Crippen LogP contribution in [0.25, 0.3) is 11.0 Å². The van der Waals surface area contributed by atoms with E-state index < -0.39 is 0 Å². The van der Waals surface area contributed by atoms with Crippen molar-refractivity contribution in [2.75, 3.05) is 25.0 Å². The van der Waals surface area contributed by atoms with Crippen molar-refractivity contribution in [2.24, 2.45) is 11.7 Å². The van der Waals surface area contributed by atoms with E-state index in [1.54, 1.807) is 6.33 Å². The highest BCUT2D eigenvalue weighted by atomic mass is 15.1. The predicted molar refractivity (Wildman–Crippen MR) is 72.2 cm³/mol. The lowest BCUT2D eigenvalue weighted by Crippen LogP contribution is -2.22. The van der Waals surface area contributed by atoms with E-state index in [1.807, 2.05) is 6.07 Å². The predicted octanol–water partition coefficient (Wildman–Crippen LogP) is 1.98. The van der Waals surface area contributed by atoms with Gasteiger partial charge in [0.05, 0.1) is 17.4 Å². The van der Waals surface area contributed by atoms with E-state index in [0.717, 1.165) is 30.5 Å². The smallest absolute Gasteiger partial charge is 0.0931 e. The summed E-state index contributed by atoms with van der Waals surface area (Å²) in [6.07, 6.45) is 2.85. The molecule has 3 N–H and O–H groups in total. The molecule has 0 aliphatic rings. The number of nitrogens with two attached hydrogens (primary N) is 1. The Bertz CT molecular complexity index is 477. The van der Waals surface area contributed by atoms with E-state index in [9.17, 15) is 0 Å². The van der Waals surface area contributed by atoms with Gasteiger partial charge >= 0.3 is 0 Å². The highest BCUT2D eigenvalue weighted by Crippen LogP contribution is 2.19. The average Bonchev–Trinajstić information content (AvgIpc) is 2.82. The Morgan fingerprint density at radius 3 is 3.06 bits per heavy atom. The Morgan fingerprint density at radius 1 is 1.47 bits per heavy atom. The minimum absolute atomic E-state index is 0.577. The van der Waals surface area contributed by atoms with E-state index in [2.05, 4.69) is 41.0 Å². The maximum absolute atomic E-state index is 5.63. The third kappa shape index (κ3) is 2.77. The van der Waals surface area contributed by atoms with Gasteiger partial charge < -0.3 is 15.6 Å². The normalized spacial score (nSPS) is 12.9. The summed E-state index contributed by atoms with van der Waals surface area (Å²) in [5.41, 5.74) is 8.94. The first-order valence-corrected chi connectivity index (χ1v) is 6.05. The number of nitrogens with zero attached hydrogens (tertiary/aromatic N) is 2. The zero-order valence-electron chi connectivity index (χ0n) is 10.5. The van der Waals surface area contributed by atoms with Crippen LogP contribution in [0.3, 0.4) is 0 Å². The molecule has 2 aromatic rings. The fourth-order valence-corrected chi connectivity index (χ4v) is 1.82. The number of fused-ring (bicyclic) bond motifs is 1. The third-order valence-corrected chi connectivity index (χ3v) is 3.20. The highest BCUT2D eigenvalue weighted by Gasteiger charge is 2.05. The van der Waals surface area contributed by atoms with Crippen molar-refractivity contribution in [3.05, 3.63) is 24.5 Å². The van der Waals surface area contributed by atoms with Crippen molar-refractivity contribution in [2.45, 2.75) is 13.3 Å². The average molecular weight is 232 g/mol. The van der Waals surface area contributed by atoms with Crippen LogP contribution in [-0.4, -0.2) is 30.1 Å². The molecule has 1 aromatic heterocycles. The summed E-state index contributed by atoms with van der Waals surface area (Å²) >= 11 is 0. The quantitative estimate of drug-likeness (QED) is 0.828. The third-order valence-electron chi connectivity index (χ3n) is 3.20. The zero-order valence-corrected chi connectivity index (χ0v) is 10.5. The molecule has 1 heterocycles. The Labute approximate surface area is 102 Å². The molecule has 0 bridgehead atoms.